The molecule has 0 aliphatic heterocycles. The van der Waals surface area contributed by atoms with E-state index in [-0.39, 0.29) is 5.41 Å². The zero-order valence-corrected chi connectivity index (χ0v) is 14.5. The lowest BCUT2D eigenvalue weighted by atomic mass is 9.89. The van der Waals surface area contributed by atoms with Gasteiger partial charge in [0.05, 0.1) is 12.3 Å². The van der Waals surface area contributed by atoms with Crippen LogP contribution in [0.15, 0.2) is 48.7 Å². The van der Waals surface area contributed by atoms with Crippen LogP contribution in [-0.2, 0) is 12.0 Å². The van der Waals surface area contributed by atoms with E-state index < -0.39 is 6.10 Å². The number of nitrogens with one attached hydrogen (secondary N) is 2. The molecule has 0 aliphatic rings. The highest BCUT2D eigenvalue weighted by Crippen LogP contribution is 2.23. The van der Waals surface area contributed by atoms with Gasteiger partial charge in [0.25, 0.3) is 0 Å². The van der Waals surface area contributed by atoms with Crippen molar-refractivity contribution in [2.24, 2.45) is 0 Å². The van der Waals surface area contributed by atoms with Crippen LogP contribution in [0.5, 0.6) is 0 Å². The molecular weight excluding hydrogens is 298 g/mol. The Kier molecular flexibility index (Phi) is 4.69. The number of hydrogen-bond acceptors (Lipinski definition) is 3. The topological polar surface area (TPSA) is 60.9 Å². The highest BCUT2D eigenvalue weighted by molar-refractivity contribution is 5.83. The molecular formula is C20H25N3O. The van der Waals surface area contributed by atoms with E-state index in [1.807, 2.05) is 24.4 Å². The summed E-state index contributed by atoms with van der Waals surface area (Å²) in [5.41, 5.74) is 3.25. The Labute approximate surface area is 142 Å². The van der Waals surface area contributed by atoms with Crippen LogP contribution in [0.4, 0.5) is 0 Å². The van der Waals surface area contributed by atoms with Crippen molar-refractivity contribution in [3.8, 4) is 0 Å². The number of aliphatic hydroxyl groups excluding tert-OH is 1. The van der Waals surface area contributed by atoms with E-state index in [4.69, 9.17) is 0 Å². The standard InChI is InChI=1S/C20H25N3O/c1-20(2,3)19-17(12-22-23-19)11-21-13-18(24)16-9-8-14-6-4-5-7-15(14)10-16/h4-10,12,18,21,24H,11,13H2,1-3H3,(H,22,23). The molecule has 0 saturated carbocycles. The van der Waals surface area contributed by atoms with Crippen LogP contribution in [-0.4, -0.2) is 21.8 Å². The summed E-state index contributed by atoms with van der Waals surface area (Å²) in [4.78, 5) is 0. The maximum atomic E-state index is 10.5. The van der Waals surface area contributed by atoms with Crippen molar-refractivity contribution in [1.29, 1.82) is 0 Å². The first-order chi connectivity index (χ1) is 11.4. The molecule has 3 rings (SSSR count). The fraction of sp³-hybridized carbons (Fsp3) is 0.350. The lowest BCUT2D eigenvalue weighted by Crippen LogP contribution is -2.23. The zero-order valence-electron chi connectivity index (χ0n) is 14.5. The minimum atomic E-state index is -0.528. The second kappa shape index (κ2) is 6.75. The van der Waals surface area contributed by atoms with Gasteiger partial charge in [-0.25, -0.2) is 0 Å². The summed E-state index contributed by atoms with van der Waals surface area (Å²) in [5, 5.41) is 23.4. The SMILES string of the molecule is CC(C)(C)c1[nH]ncc1CNCC(O)c1ccc2ccccc2c1. The van der Waals surface area contributed by atoms with Crippen LogP contribution in [0.3, 0.4) is 0 Å². The average molecular weight is 323 g/mol. The van der Waals surface area contributed by atoms with Crippen LogP contribution < -0.4 is 5.32 Å². The van der Waals surface area contributed by atoms with Gasteiger partial charge in [-0.15, -0.1) is 0 Å². The lowest BCUT2D eigenvalue weighted by molar-refractivity contribution is 0.174. The van der Waals surface area contributed by atoms with Crippen molar-refractivity contribution in [3.63, 3.8) is 0 Å². The number of aromatic amines is 1. The predicted molar refractivity (Wildman–Crippen MR) is 97.9 cm³/mol. The van der Waals surface area contributed by atoms with Gasteiger partial charge in [0.2, 0.25) is 0 Å². The smallest absolute Gasteiger partial charge is 0.0914 e. The Morgan fingerprint density at radius 1 is 1.12 bits per heavy atom. The quantitative estimate of drug-likeness (QED) is 0.671. The molecule has 4 nitrogen and oxygen atoms in total. The maximum absolute atomic E-state index is 10.5. The van der Waals surface area contributed by atoms with E-state index >= 15 is 0 Å². The first kappa shape index (κ1) is 16.7. The Balaban J connectivity index is 1.63. The fourth-order valence-electron chi connectivity index (χ4n) is 2.97. The van der Waals surface area contributed by atoms with Gasteiger partial charge in [-0.2, -0.15) is 5.10 Å². The number of benzene rings is 2. The summed E-state index contributed by atoms with van der Waals surface area (Å²) in [5.74, 6) is 0. The van der Waals surface area contributed by atoms with E-state index in [9.17, 15) is 5.11 Å². The molecule has 1 heterocycles. The second-order valence-electron chi connectivity index (χ2n) is 7.27. The second-order valence-corrected chi connectivity index (χ2v) is 7.27. The monoisotopic (exact) mass is 323 g/mol. The number of nitrogens with zero attached hydrogens (tertiary/aromatic N) is 1. The van der Waals surface area contributed by atoms with Crippen molar-refractivity contribution in [2.75, 3.05) is 6.54 Å². The van der Waals surface area contributed by atoms with Crippen LogP contribution in [0.1, 0.15) is 43.7 Å². The lowest BCUT2D eigenvalue weighted by Gasteiger charge is -2.19. The predicted octanol–water partition coefficient (Wildman–Crippen LogP) is 3.68. The molecule has 3 aromatic rings. The summed E-state index contributed by atoms with van der Waals surface area (Å²) in [6, 6.07) is 14.3. The first-order valence-electron chi connectivity index (χ1n) is 8.35. The molecule has 126 valence electrons. The number of aliphatic hydroxyl groups is 1. The van der Waals surface area contributed by atoms with E-state index in [1.54, 1.807) is 0 Å². The highest BCUT2D eigenvalue weighted by atomic mass is 16.3. The van der Waals surface area contributed by atoms with Gasteiger partial charge < -0.3 is 10.4 Å². The normalized spacial score (nSPS) is 13.3. The summed E-state index contributed by atoms with van der Waals surface area (Å²) >= 11 is 0. The number of fused-ring (bicyclic) bond motifs is 1. The molecule has 1 unspecified atom stereocenters. The first-order valence-corrected chi connectivity index (χ1v) is 8.35. The third-order valence-corrected chi connectivity index (χ3v) is 4.28. The van der Waals surface area contributed by atoms with Gasteiger partial charge in [-0.3, -0.25) is 5.10 Å². The van der Waals surface area contributed by atoms with Crippen molar-refractivity contribution in [3.05, 3.63) is 65.5 Å². The summed E-state index contributed by atoms with van der Waals surface area (Å²) in [6.07, 6.45) is 1.33. The molecule has 4 heteroatoms. The van der Waals surface area contributed by atoms with E-state index in [1.165, 1.54) is 5.39 Å². The van der Waals surface area contributed by atoms with Crippen LogP contribution >= 0.6 is 0 Å². The summed E-state index contributed by atoms with van der Waals surface area (Å²) < 4.78 is 0. The molecule has 2 aromatic carbocycles. The van der Waals surface area contributed by atoms with E-state index in [2.05, 4.69) is 60.6 Å². The van der Waals surface area contributed by atoms with Gasteiger partial charge in [-0.1, -0.05) is 57.2 Å². The number of hydrogen-bond donors (Lipinski definition) is 3. The van der Waals surface area contributed by atoms with Crippen molar-refractivity contribution in [2.45, 2.75) is 38.8 Å². The third kappa shape index (κ3) is 3.66. The van der Waals surface area contributed by atoms with Crippen molar-refractivity contribution < 1.29 is 5.11 Å². The molecule has 0 fully saturated rings. The molecule has 1 aromatic heterocycles. The fourth-order valence-corrected chi connectivity index (χ4v) is 2.97. The van der Waals surface area contributed by atoms with Crippen molar-refractivity contribution >= 4 is 10.8 Å². The van der Waals surface area contributed by atoms with E-state index in [0.717, 1.165) is 22.2 Å². The molecule has 0 spiro atoms. The Bertz CT molecular complexity index is 817. The van der Waals surface area contributed by atoms with Gasteiger partial charge in [0.15, 0.2) is 0 Å². The van der Waals surface area contributed by atoms with Gasteiger partial charge in [0, 0.05) is 29.8 Å². The summed E-state index contributed by atoms with van der Waals surface area (Å²) in [6.45, 7) is 7.68. The van der Waals surface area contributed by atoms with Crippen LogP contribution in [0.25, 0.3) is 10.8 Å². The van der Waals surface area contributed by atoms with Crippen LogP contribution in [0.2, 0.25) is 0 Å². The number of aromatic nitrogens is 2. The molecule has 0 saturated heterocycles. The van der Waals surface area contributed by atoms with Crippen LogP contribution in [0, 0.1) is 0 Å². The third-order valence-electron chi connectivity index (χ3n) is 4.28. The van der Waals surface area contributed by atoms with Gasteiger partial charge in [-0.05, 0) is 22.4 Å². The molecule has 24 heavy (non-hydrogen) atoms. The maximum Gasteiger partial charge on any atom is 0.0914 e. The zero-order chi connectivity index (χ0) is 17.2. The molecule has 0 radical (unpaired) electrons. The van der Waals surface area contributed by atoms with Crippen molar-refractivity contribution in [1.82, 2.24) is 15.5 Å². The number of H-pyrrole nitrogens is 1. The Morgan fingerprint density at radius 3 is 2.62 bits per heavy atom. The molecule has 1 atom stereocenters. The number of rotatable bonds is 5. The highest BCUT2D eigenvalue weighted by Gasteiger charge is 2.19. The largest absolute Gasteiger partial charge is 0.387 e. The molecule has 0 amide bonds. The Morgan fingerprint density at radius 2 is 1.88 bits per heavy atom. The summed E-state index contributed by atoms with van der Waals surface area (Å²) in [7, 11) is 0. The molecule has 3 N–H and O–H groups in total. The average Bonchev–Trinajstić information content (AvgIpc) is 3.03. The molecule has 0 aliphatic carbocycles. The Hall–Kier alpha value is -2.17. The van der Waals surface area contributed by atoms with Gasteiger partial charge in [0.1, 0.15) is 0 Å². The minimum absolute atomic E-state index is 0.0322. The van der Waals surface area contributed by atoms with Gasteiger partial charge >= 0.3 is 0 Å². The molecule has 0 bridgehead atoms. The minimum Gasteiger partial charge on any atom is -0.387 e. The van der Waals surface area contributed by atoms with E-state index in [0.29, 0.717) is 13.1 Å².